The minimum atomic E-state index is -0.651. The lowest BCUT2D eigenvalue weighted by atomic mass is 10.1. The van der Waals surface area contributed by atoms with Crippen LogP contribution in [0.15, 0.2) is 42.5 Å². The van der Waals surface area contributed by atoms with Crippen molar-refractivity contribution in [2.75, 3.05) is 31.6 Å². The highest BCUT2D eigenvalue weighted by molar-refractivity contribution is 6.04. The maximum Gasteiger partial charge on any atom is 0.265 e. The van der Waals surface area contributed by atoms with Crippen LogP contribution >= 0.6 is 0 Å². The summed E-state index contributed by atoms with van der Waals surface area (Å²) in [6.45, 7) is 8.00. The molecule has 0 radical (unpaired) electrons. The van der Waals surface area contributed by atoms with E-state index in [9.17, 15) is 9.59 Å². The molecule has 0 spiro atoms. The highest BCUT2D eigenvalue weighted by Crippen LogP contribution is 2.23. The smallest absolute Gasteiger partial charge is 0.265 e. The fourth-order valence-electron chi connectivity index (χ4n) is 3.24. The molecule has 154 valence electrons. The number of hydrogen-bond donors (Lipinski definition) is 1. The molecule has 1 saturated heterocycles. The number of carbonyl (C=O) groups excluding carboxylic acids is 2. The van der Waals surface area contributed by atoms with Gasteiger partial charge in [-0.25, -0.2) is 0 Å². The summed E-state index contributed by atoms with van der Waals surface area (Å²) in [4.78, 5) is 27.6. The minimum Gasteiger partial charge on any atom is -0.480 e. The van der Waals surface area contributed by atoms with Crippen molar-refractivity contribution in [3.8, 4) is 5.75 Å². The van der Waals surface area contributed by atoms with Crippen LogP contribution in [-0.4, -0.2) is 49.1 Å². The molecule has 1 fully saturated rings. The number of carbonyl (C=O) groups is 2. The predicted molar refractivity (Wildman–Crippen MR) is 112 cm³/mol. The van der Waals surface area contributed by atoms with Gasteiger partial charge in [-0.15, -0.1) is 0 Å². The Morgan fingerprint density at radius 2 is 1.86 bits per heavy atom. The number of anilines is 1. The molecule has 0 aromatic heterocycles. The highest BCUT2D eigenvalue weighted by Gasteiger charge is 2.24. The quantitative estimate of drug-likeness (QED) is 0.811. The van der Waals surface area contributed by atoms with Gasteiger partial charge in [0.1, 0.15) is 5.75 Å². The van der Waals surface area contributed by atoms with Gasteiger partial charge in [0.15, 0.2) is 6.10 Å². The van der Waals surface area contributed by atoms with E-state index >= 15 is 0 Å². The average Bonchev–Trinajstić information content (AvgIpc) is 2.74. The largest absolute Gasteiger partial charge is 0.480 e. The Morgan fingerprint density at radius 3 is 2.59 bits per heavy atom. The maximum absolute atomic E-state index is 12.9. The monoisotopic (exact) mass is 396 g/mol. The molecule has 2 amide bonds. The Balaban J connectivity index is 1.75. The zero-order chi connectivity index (χ0) is 20.8. The van der Waals surface area contributed by atoms with Crippen molar-refractivity contribution in [3.05, 3.63) is 59.2 Å². The normalized spacial score (nSPS) is 14.9. The molecule has 6 nitrogen and oxygen atoms in total. The van der Waals surface area contributed by atoms with Gasteiger partial charge >= 0.3 is 0 Å². The molecule has 1 atom stereocenters. The highest BCUT2D eigenvalue weighted by atomic mass is 16.5. The Bertz CT molecular complexity index is 875. The number of rotatable bonds is 6. The molecule has 2 aromatic rings. The average molecular weight is 396 g/mol. The van der Waals surface area contributed by atoms with Crippen LogP contribution in [0.1, 0.15) is 34.8 Å². The first kappa shape index (κ1) is 20.9. The van der Waals surface area contributed by atoms with Gasteiger partial charge in [-0.2, -0.15) is 0 Å². The number of benzene rings is 2. The molecular weight excluding hydrogens is 368 g/mol. The van der Waals surface area contributed by atoms with Crippen molar-refractivity contribution < 1.29 is 19.1 Å². The molecule has 0 bridgehead atoms. The van der Waals surface area contributed by atoms with Gasteiger partial charge < -0.3 is 19.7 Å². The number of morpholine rings is 1. The summed E-state index contributed by atoms with van der Waals surface area (Å²) in [6, 6.07) is 13.0. The van der Waals surface area contributed by atoms with Crippen molar-refractivity contribution in [3.63, 3.8) is 0 Å². The Morgan fingerprint density at radius 1 is 1.14 bits per heavy atom. The second kappa shape index (κ2) is 9.56. The van der Waals surface area contributed by atoms with Gasteiger partial charge in [-0.3, -0.25) is 9.59 Å². The maximum atomic E-state index is 12.9. The van der Waals surface area contributed by atoms with E-state index in [2.05, 4.69) is 5.32 Å². The number of para-hydroxylation sites is 1. The van der Waals surface area contributed by atoms with Crippen molar-refractivity contribution >= 4 is 17.5 Å². The Kier molecular flexibility index (Phi) is 6.88. The summed E-state index contributed by atoms with van der Waals surface area (Å²) in [5.41, 5.74) is 3.02. The third-order valence-corrected chi connectivity index (χ3v) is 4.99. The fourth-order valence-corrected chi connectivity index (χ4v) is 3.24. The zero-order valence-electron chi connectivity index (χ0n) is 17.2. The molecule has 0 aliphatic carbocycles. The molecular formula is C23H28N2O4. The lowest BCUT2D eigenvalue weighted by Gasteiger charge is -2.27. The molecule has 3 rings (SSSR count). The number of aryl methyl sites for hydroxylation is 2. The van der Waals surface area contributed by atoms with E-state index in [0.717, 1.165) is 11.1 Å². The van der Waals surface area contributed by atoms with Crippen molar-refractivity contribution in [1.29, 1.82) is 0 Å². The summed E-state index contributed by atoms with van der Waals surface area (Å²) < 4.78 is 11.3. The van der Waals surface area contributed by atoms with E-state index in [1.54, 1.807) is 29.2 Å². The van der Waals surface area contributed by atoms with Crippen LogP contribution < -0.4 is 10.1 Å². The number of nitrogens with zero attached hydrogens (tertiary/aromatic N) is 1. The Hall–Kier alpha value is -2.86. The second-order valence-corrected chi connectivity index (χ2v) is 7.22. The third-order valence-electron chi connectivity index (χ3n) is 4.99. The molecule has 1 aliphatic heterocycles. The first-order chi connectivity index (χ1) is 14.0. The third kappa shape index (κ3) is 5.15. The predicted octanol–water partition coefficient (Wildman–Crippen LogP) is 3.57. The summed E-state index contributed by atoms with van der Waals surface area (Å²) in [7, 11) is 0. The van der Waals surface area contributed by atoms with Crippen LogP contribution in [-0.2, 0) is 9.53 Å². The standard InChI is InChI=1S/C23H28N2O4/c1-4-20(29-21-15-16(2)9-10-17(21)3)22(26)24-19-8-6-5-7-18(19)23(27)25-11-13-28-14-12-25/h5-10,15,20H,4,11-14H2,1-3H3,(H,24,26). The van der Waals surface area contributed by atoms with Gasteiger partial charge in [-0.05, 0) is 49.6 Å². The topological polar surface area (TPSA) is 67.9 Å². The zero-order valence-corrected chi connectivity index (χ0v) is 17.2. The number of ether oxygens (including phenoxy) is 2. The molecule has 1 heterocycles. The molecule has 0 saturated carbocycles. The number of nitrogens with one attached hydrogen (secondary N) is 1. The van der Waals surface area contributed by atoms with E-state index in [1.807, 2.05) is 39.0 Å². The number of hydrogen-bond acceptors (Lipinski definition) is 4. The molecule has 1 aliphatic rings. The van der Waals surface area contributed by atoms with E-state index in [-0.39, 0.29) is 11.8 Å². The van der Waals surface area contributed by atoms with Crippen molar-refractivity contribution in [2.24, 2.45) is 0 Å². The lowest BCUT2D eigenvalue weighted by molar-refractivity contribution is -0.122. The van der Waals surface area contributed by atoms with E-state index in [4.69, 9.17) is 9.47 Å². The van der Waals surface area contributed by atoms with Crippen LogP contribution in [0, 0.1) is 13.8 Å². The summed E-state index contributed by atoms with van der Waals surface area (Å²) in [6.07, 6.45) is -0.138. The van der Waals surface area contributed by atoms with E-state index in [0.29, 0.717) is 49.7 Å². The minimum absolute atomic E-state index is 0.104. The molecule has 29 heavy (non-hydrogen) atoms. The first-order valence-electron chi connectivity index (χ1n) is 10.0. The lowest BCUT2D eigenvalue weighted by Crippen LogP contribution is -2.41. The van der Waals surface area contributed by atoms with Crippen molar-refractivity contribution in [2.45, 2.75) is 33.3 Å². The van der Waals surface area contributed by atoms with E-state index < -0.39 is 6.10 Å². The second-order valence-electron chi connectivity index (χ2n) is 7.22. The van der Waals surface area contributed by atoms with Crippen molar-refractivity contribution in [1.82, 2.24) is 4.90 Å². The van der Waals surface area contributed by atoms with Gasteiger partial charge in [0.2, 0.25) is 0 Å². The summed E-state index contributed by atoms with van der Waals surface area (Å²) in [5.74, 6) is 0.327. The van der Waals surface area contributed by atoms with Crippen LogP contribution in [0.4, 0.5) is 5.69 Å². The molecule has 6 heteroatoms. The van der Waals surface area contributed by atoms with Crippen LogP contribution in [0.5, 0.6) is 5.75 Å². The van der Waals surface area contributed by atoms with Gasteiger partial charge in [0.05, 0.1) is 24.5 Å². The van der Waals surface area contributed by atoms with Gasteiger partial charge in [0, 0.05) is 13.1 Å². The Labute approximate surface area is 171 Å². The summed E-state index contributed by atoms with van der Waals surface area (Å²) in [5, 5.41) is 2.89. The van der Waals surface area contributed by atoms with E-state index in [1.165, 1.54) is 0 Å². The molecule has 1 N–H and O–H groups in total. The first-order valence-corrected chi connectivity index (χ1v) is 10.0. The fraction of sp³-hybridized carbons (Fsp3) is 0.391. The van der Waals surface area contributed by atoms with Crippen LogP contribution in [0.25, 0.3) is 0 Å². The summed E-state index contributed by atoms with van der Waals surface area (Å²) >= 11 is 0. The molecule has 2 aromatic carbocycles. The molecule has 1 unspecified atom stereocenters. The number of amides is 2. The SMILES string of the molecule is CCC(Oc1cc(C)ccc1C)C(=O)Nc1ccccc1C(=O)N1CCOCC1. The van der Waals surface area contributed by atoms with Crippen LogP contribution in [0.2, 0.25) is 0 Å². The van der Waals surface area contributed by atoms with Gasteiger partial charge in [-0.1, -0.05) is 31.2 Å². The van der Waals surface area contributed by atoms with Gasteiger partial charge in [0.25, 0.3) is 11.8 Å². The van der Waals surface area contributed by atoms with Crippen LogP contribution in [0.3, 0.4) is 0 Å².